The predicted molar refractivity (Wildman–Crippen MR) is 91.9 cm³/mol. The molecule has 0 amide bonds. The number of carbonyl (C=O) groups is 4. The maximum Gasteiger partial charge on any atom is 0.335 e. The van der Waals surface area contributed by atoms with Crippen LogP contribution in [0.3, 0.4) is 0 Å². The van der Waals surface area contributed by atoms with E-state index in [1.807, 2.05) is 0 Å². The van der Waals surface area contributed by atoms with Crippen molar-refractivity contribution in [1.29, 1.82) is 0 Å². The lowest BCUT2D eigenvalue weighted by Gasteiger charge is -2.01. The molecule has 0 atom stereocenters. The molecule has 0 aliphatic carbocycles. The first kappa shape index (κ1) is 27.6. The fourth-order valence-electron chi connectivity index (χ4n) is 0.728. The van der Waals surface area contributed by atoms with Gasteiger partial charge < -0.3 is 35.7 Å². The van der Waals surface area contributed by atoms with E-state index in [0.29, 0.717) is 0 Å². The van der Waals surface area contributed by atoms with Gasteiger partial charge in [-0.05, 0) is 12.1 Å². The van der Waals surface area contributed by atoms with Crippen LogP contribution in [0, 0.1) is 0 Å². The Morgan fingerprint density at radius 2 is 0.889 bits per heavy atom. The van der Waals surface area contributed by atoms with Crippen molar-refractivity contribution in [3.8, 4) is 17.2 Å². The van der Waals surface area contributed by atoms with E-state index >= 15 is 0 Å². The molecule has 1 rings (SSSR count). The summed E-state index contributed by atoms with van der Waals surface area (Å²) in [5.41, 5.74) is -0.289. The van der Waals surface area contributed by atoms with Crippen molar-refractivity contribution in [2.45, 2.75) is 0 Å². The standard InChI is InChI=1S/C7H6O5.3C3H4O2/c8-4-1-3(7(11)12)2-5(9)6(4)10;3*1-2-3(4)5/h1-2,8-10H,(H,11,12);3*2H,1H2,(H,4,5). The van der Waals surface area contributed by atoms with Crippen LogP contribution < -0.4 is 0 Å². The third kappa shape index (κ3) is 17.9. The lowest BCUT2D eigenvalue weighted by atomic mass is 10.2. The quantitative estimate of drug-likeness (QED) is 0.289. The van der Waals surface area contributed by atoms with Crippen LogP contribution in [0.15, 0.2) is 50.1 Å². The zero-order valence-corrected chi connectivity index (χ0v) is 13.8. The van der Waals surface area contributed by atoms with E-state index in [0.717, 1.165) is 30.4 Å². The van der Waals surface area contributed by atoms with Crippen molar-refractivity contribution in [3.63, 3.8) is 0 Å². The summed E-state index contributed by atoms with van der Waals surface area (Å²) in [4.78, 5) is 38.1. The largest absolute Gasteiger partial charge is 0.504 e. The highest BCUT2D eigenvalue weighted by Crippen LogP contribution is 2.35. The number of aliphatic carboxylic acids is 3. The topological polar surface area (TPSA) is 210 Å². The van der Waals surface area contributed by atoms with Crippen LogP contribution in [0.4, 0.5) is 0 Å². The van der Waals surface area contributed by atoms with Gasteiger partial charge in [0, 0.05) is 18.2 Å². The Labute approximate surface area is 152 Å². The van der Waals surface area contributed by atoms with Crippen LogP contribution in [0.5, 0.6) is 17.2 Å². The van der Waals surface area contributed by atoms with Crippen LogP contribution in [0.25, 0.3) is 0 Å². The monoisotopic (exact) mass is 386 g/mol. The average molecular weight is 386 g/mol. The molecule has 0 spiro atoms. The van der Waals surface area contributed by atoms with Gasteiger partial charge in [0.1, 0.15) is 0 Å². The number of phenols is 3. The lowest BCUT2D eigenvalue weighted by molar-refractivity contribution is -0.132. The molecule has 0 heterocycles. The van der Waals surface area contributed by atoms with Gasteiger partial charge in [-0.2, -0.15) is 0 Å². The van der Waals surface area contributed by atoms with Crippen LogP contribution in [-0.2, 0) is 14.4 Å². The zero-order chi connectivity index (χ0) is 22.2. The molecule has 0 aromatic heterocycles. The summed E-state index contributed by atoms with van der Waals surface area (Å²) in [7, 11) is 0. The van der Waals surface area contributed by atoms with E-state index in [4.69, 9.17) is 35.7 Å². The van der Waals surface area contributed by atoms with Crippen LogP contribution in [0.1, 0.15) is 10.4 Å². The lowest BCUT2D eigenvalue weighted by Crippen LogP contribution is -1.95. The molecule has 0 aliphatic heterocycles. The van der Waals surface area contributed by atoms with Crippen molar-refractivity contribution in [2.24, 2.45) is 0 Å². The minimum atomic E-state index is -1.29. The second-order valence-electron chi connectivity index (χ2n) is 3.80. The van der Waals surface area contributed by atoms with E-state index in [2.05, 4.69) is 19.7 Å². The molecule has 0 unspecified atom stereocenters. The highest BCUT2D eigenvalue weighted by molar-refractivity contribution is 5.89. The second-order valence-corrected chi connectivity index (χ2v) is 3.80. The van der Waals surface area contributed by atoms with Gasteiger partial charge in [-0.3, -0.25) is 0 Å². The van der Waals surface area contributed by atoms with E-state index in [9.17, 15) is 19.2 Å². The molecule has 1 aromatic carbocycles. The van der Waals surface area contributed by atoms with Gasteiger partial charge in [-0.15, -0.1) is 0 Å². The van der Waals surface area contributed by atoms with Gasteiger partial charge in [0.05, 0.1) is 5.56 Å². The summed E-state index contributed by atoms with van der Waals surface area (Å²) in [5.74, 6) is -6.28. The molecule has 27 heavy (non-hydrogen) atoms. The van der Waals surface area contributed by atoms with Crippen LogP contribution in [0.2, 0.25) is 0 Å². The first-order valence-electron chi connectivity index (χ1n) is 6.38. The van der Waals surface area contributed by atoms with E-state index in [1.165, 1.54) is 0 Å². The number of carboxylic acids is 4. The van der Waals surface area contributed by atoms with Crippen molar-refractivity contribution >= 4 is 23.9 Å². The molecule has 11 nitrogen and oxygen atoms in total. The first-order valence-corrected chi connectivity index (χ1v) is 6.38. The normalized spacial score (nSPS) is 7.85. The number of hydrogen-bond acceptors (Lipinski definition) is 7. The molecule has 0 fully saturated rings. The van der Waals surface area contributed by atoms with Gasteiger partial charge in [-0.25, -0.2) is 19.2 Å². The van der Waals surface area contributed by atoms with Gasteiger partial charge in [0.25, 0.3) is 0 Å². The van der Waals surface area contributed by atoms with Gasteiger partial charge in [-0.1, -0.05) is 19.7 Å². The Morgan fingerprint density at radius 1 is 0.667 bits per heavy atom. The maximum absolute atomic E-state index is 10.3. The molecule has 1 aromatic rings. The Kier molecular flexibility index (Phi) is 15.6. The Hall–Kier alpha value is -4.28. The van der Waals surface area contributed by atoms with Gasteiger partial charge >= 0.3 is 23.9 Å². The molecule has 11 heteroatoms. The number of phenolic OH excluding ortho intramolecular Hbond substituents is 3. The van der Waals surface area contributed by atoms with Crippen molar-refractivity contribution in [2.75, 3.05) is 0 Å². The summed E-state index contributed by atoms with van der Waals surface area (Å²) in [6.07, 6.45) is 2.50. The second kappa shape index (κ2) is 15.3. The molecular weight excluding hydrogens is 368 g/mol. The van der Waals surface area contributed by atoms with Crippen molar-refractivity contribution in [3.05, 3.63) is 55.7 Å². The molecule has 0 radical (unpaired) electrons. The molecule has 0 bridgehead atoms. The predicted octanol–water partition coefficient (Wildman–Crippen LogP) is 1.27. The zero-order valence-electron chi connectivity index (χ0n) is 13.8. The highest BCUT2D eigenvalue weighted by atomic mass is 16.4. The molecule has 7 N–H and O–H groups in total. The molecule has 148 valence electrons. The summed E-state index contributed by atoms with van der Waals surface area (Å²) in [5, 5.41) is 57.8. The van der Waals surface area contributed by atoms with Gasteiger partial charge in [0.2, 0.25) is 0 Å². The number of benzene rings is 1. The van der Waals surface area contributed by atoms with Crippen molar-refractivity contribution < 1.29 is 54.9 Å². The summed E-state index contributed by atoms with van der Waals surface area (Å²) < 4.78 is 0. The summed E-state index contributed by atoms with van der Waals surface area (Å²) >= 11 is 0. The molecule has 0 saturated heterocycles. The first-order chi connectivity index (χ1) is 12.3. The maximum atomic E-state index is 10.3. The number of aromatic carboxylic acids is 1. The van der Waals surface area contributed by atoms with E-state index < -0.39 is 41.1 Å². The van der Waals surface area contributed by atoms with Crippen LogP contribution >= 0.6 is 0 Å². The average Bonchev–Trinajstić information content (AvgIpc) is 2.60. The summed E-state index contributed by atoms with van der Waals surface area (Å²) in [6, 6.07) is 1.69. The van der Waals surface area contributed by atoms with E-state index in [1.54, 1.807) is 0 Å². The van der Waals surface area contributed by atoms with E-state index in [-0.39, 0.29) is 5.56 Å². The van der Waals surface area contributed by atoms with Gasteiger partial charge in [0.15, 0.2) is 17.2 Å². The fraction of sp³-hybridized carbons (Fsp3) is 0. The van der Waals surface area contributed by atoms with Crippen LogP contribution in [-0.4, -0.2) is 59.6 Å². The summed E-state index contributed by atoms with van der Waals surface area (Å²) in [6.45, 7) is 8.88. The minimum Gasteiger partial charge on any atom is -0.504 e. The minimum absolute atomic E-state index is 0.289. The molecular formula is C16H18O11. The molecule has 0 aliphatic rings. The highest BCUT2D eigenvalue weighted by Gasteiger charge is 2.11. The third-order valence-corrected chi connectivity index (χ3v) is 1.84. The third-order valence-electron chi connectivity index (χ3n) is 1.84. The number of carboxylic acid groups (broad SMARTS) is 4. The SMILES string of the molecule is C=CC(=O)O.C=CC(=O)O.C=CC(=O)O.O=C(O)c1cc(O)c(O)c(O)c1. The Balaban J connectivity index is -0.000000323. The number of aromatic hydroxyl groups is 3. The number of hydrogen-bond donors (Lipinski definition) is 7. The smallest absolute Gasteiger partial charge is 0.335 e. The molecule has 0 saturated carbocycles. The Morgan fingerprint density at radius 3 is 1.04 bits per heavy atom. The fourth-order valence-corrected chi connectivity index (χ4v) is 0.728. The van der Waals surface area contributed by atoms with Crippen molar-refractivity contribution in [1.82, 2.24) is 0 Å². The Bertz CT molecular complexity index is 639. The number of rotatable bonds is 4.